The van der Waals surface area contributed by atoms with Crippen molar-refractivity contribution in [1.29, 1.82) is 0 Å². The minimum absolute atomic E-state index is 0.782. The van der Waals surface area contributed by atoms with Crippen LogP contribution in [0.2, 0.25) is 0 Å². The van der Waals surface area contributed by atoms with Crippen LogP contribution in [0.5, 0.6) is 0 Å². The second-order valence-electron chi connectivity index (χ2n) is 10.2. The Morgan fingerprint density at radius 3 is 1.87 bits per heavy atom. The van der Waals surface area contributed by atoms with Gasteiger partial charge >= 0.3 is 0 Å². The SMILES string of the molecule is CCCC[C@H]1CC[C@H](c2ccc(-c3ccc(C4=CCC(CCC)CC4)cc3)cc2)CC1. The summed E-state index contributed by atoms with van der Waals surface area (Å²) in [6.45, 7) is 4.63. The Hall–Kier alpha value is -1.82. The van der Waals surface area contributed by atoms with Crippen molar-refractivity contribution in [3.05, 3.63) is 65.7 Å². The van der Waals surface area contributed by atoms with Crippen molar-refractivity contribution in [3.8, 4) is 11.1 Å². The first-order valence-electron chi connectivity index (χ1n) is 13.2. The molecule has 0 bridgehead atoms. The molecule has 2 aliphatic rings. The second kappa shape index (κ2) is 11.2. The van der Waals surface area contributed by atoms with Crippen molar-refractivity contribution in [2.24, 2.45) is 11.8 Å². The van der Waals surface area contributed by atoms with Crippen LogP contribution in [0.3, 0.4) is 0 Å². The van der Waals surface area contributed by atoms with Gasteiger partial charge in [0, 0.05) is 0 Å². The summed E-state index contributed by atoms with van der Waals surface area (Å²) in [6, 6.07) is 18.8. The van der Waals surface area contributed by atoms with Gasteiger partial charge in [0.1, 0.15) is 0 Å². The number of rotatable bonds is 8. The van der Waals surface area contributed by atoms with Gasteiger partial charge in [-0.25, -0.2) is 0 Å². The van der Waals surface area contributed by atoms with E-state index in [0.29, 0.717) is 0 Å². The average Bonchev–Trinajstić information content (AvgIpc) is 2.84. The minimum Gasteiger partial charge on any atom is -0.0804 e. The maximum absolute atomic E-state index is 2.50. The Morgan fingerprint density at radius 2 is 1.29 bits per heavy atom. The maximum atomic E-state index is 2.50. The van der Waals surface area contributed by atoms with E-state index < -0.39 is 0 Å². The highest BCUT2D eigenvalue weighted by atomic mass is 14.3. The Labute approximate surface area is 191 Å². The van der Waals surface area contributed by atoms with Crippen molar-refractivity contribution >= 4 is 5.57 Å². The summed E-state index contributed by atoms with van der Waals surface area (Å²) in [6.07, 6.45) is 19.0. The van der Waals surface area contributed by atoms with Crippen molar-refractivity contribution in [3.63, 3.8) is 0 Å². The molecule has 0 saturated heterocycles. The van der Waals surface area contributed by atoms with Gasteiger partial charge in [-0.3, -0.25) is 0 Å². The molecule has 2 aliphatic carbocycles. The monoisotopic (exact) mass is 414 g/mol. The first kappa shape index (κ1) is 22.4. The lowest BCUT2D eigenvalue weighted by Gasteiger charge is -2.29. The van der Waals surface area contributed by atoms with Crippen LogP contribution in [0.25, 0.3) is 16.7 Å². The number of allylic oxidation sites excluding steroid dienone is 2. The van der Waals surface area contributed by atoms with Crippen molar-refractivity contribution in [2.45, 2.75) is 96.8 Å². The third kappa shape index (κ3) is 5.91. The lowest BCUT2D eigenvalue weighted by atomic mass is 9.77. The van der Waals surface area contributed by atoms with Crippen LogP contribution in [-0.4, -0.2) is 0 Å². The molecule has 1 fully saturated rings. The van der Waals surface area contributed by atoms with E-state index in [0.717, 1.165) is 17.8 Å². The fraction of sp³-hybridized carbons (Fsp3) is 0.548. The van der Waals surface area contributed by atoms with Crippen molar-refractivity contribution in [2.75, 3.05) is 0 Å². The van der Waals surface area contributed by atoms with Crippen molar-refractivity contribution in [1.82, 2.24) is 0 Å². The highest BCUT2D eigenvalue weighted by Crippen LogP contribution is 2.38. The van der Waals surface area contributed by atoms with E-state index in [1.165, 1.54) is 93.7 Å². The molecule has 1 saturated carbocycles. The molecule has 0 radical (unpaired) electrons. The van der Waals surface area contributed by atoms with Gasteiger partial charge in [0.25, 0.3) is 0 Å². The van der Waals surface area contributed by atoms with Crippen molar-refractivity contribution < 1.29 is 0 Å². The number of benzene rings is 2. The Bertz CT molecular complexity index is 815. The van der Waals surface area contributed by atoms with Gasteiger partial charge < -0.3 is 0 Å². The Morgan fingerprint density at radius 1 is 0.645 bits per heavy atom. The van der Waals surface area contributed by atoms with Crippen LogP contribution in [0.15, 0.2) is 54.6 Å². The smallest absolute Gasteiger partial charge is 0.0162 e. The molecule has 31 heavy (non-hydrogen) atoms. The van der Waals surface area contributed by atoms with E-state index in [1.807, 2.05) is 0 Å². The van der Waals surface area contributed by atoms with Gasteiger partial charge in [0.2, 0.25) is 0 Å². The first-order valence-corrected chi connectivity index (χ1v) is 13.2. The van der Waals surface area contributed by atoms with Crippen LogP contribution in [0, 0.1) is 11.8 Å². The molecule has 0 spiro atoms. The lowest BCUT2D eigenvalue weighted by Crippen LogP contribution is -2.13. The summed E-state index contributed by atoms with van der Waals surface area (Å²) in [5, 5.41) is 0. The quantitative estimate of drug-likeness (QED) is 0.403. The van der Waals surface area contributed by atoms with E-state index in [1.54, 1.807) is 11.1 Å². The summed E-state index contributed by atoms with van der Waals surface area (Å²) in [7, 11) is 0. The third-order valence-corrected chi connectivity index (χ3v) is 8.00. The van der Waals surface area contributed by atoms with E-state index >= 15 is 0 Å². The predicted molar refractivity (Wildman–Crippen MR) is 136 cm³/mol. The molecular formula is C31H42. The van der Waals surface area contributed by atoms with Crippen LogP contribution in [0.4, 0.5) is 0 Å². The zero-order chi connectivity index (χ0) is 21.5. The minimum atomic E-state index is 0.782. The number of hydrogen-bond donors (Lipinski definition) is 0. The van der Waals surface area contributed by atoms with Crippen LogP contribution < -0.4 is 0 Å². The summed E-state index contributed by atoms with van der Waals surface area (Å²) in [5.74, 6) is 2.69. The Kier molecular flexibility index (Phi) is 8.06. The topological polar surface area (TPSA) is 0 Å². The molecule has 1 unspecified atom stereocenters. The molecule has 0 aliphatic heterocycles. The maximum Gasteiger partial charge on any atom is -0.0162 e. The molecule has 166 valence electrons. The third-order valence-electron chi connectivity index (χ3n) is 8.00. The van der Waals surface area contributed by atoms with Gasteiger partial charge in [-0.15, -0.1) is 0 Å². The van der Waals surface area contributed by atoms with Gasteiger partial charge in [-0.2, -0.15) is 0 Å². The van der Waals surface area contributed by atoms with Crippen LogP contribution >= 0.6 is 0 Å². The molecule has 4 rings (SSSR count). The summed E-state index contributed by atoms with van der Waals surface area (Å²) in [4.78, 5) is 0. The van der Waals surface area contributed by atoms with E-state index in [-0.39, 0.29) is 0 Å². The average molecular weight is 415 g/mol. The van der Waals surface area contributed by atoms with Gasteiger partial charge in [-0.1, -0.05) is 101 Å². The van der Waals surface area contributed by atoms with Crippen LogP contribution in [0.1, 0.15) is 108 Å². The van der Waals surface area contributed by atoms with E-state index in [4.69, 9.17) is 0 Å². The predicted octanol–water partition coefficient (Wildman–Crippen LogP) is 9.80. The van der Waals surface area contributed by atoms with E-state index in [2.05, 4.69) is 68.5 Å². The molecule has 0 nitrogen and oxygen atoms in total. The summed E-state index contributed by atoms with van der Waals surface area (Å²) >= 11 is 0. The number of unbranched alkanes of at least 4 members (excludes halogenated alkanes) is 1. The zero-order valence-electron chi connectivity index (χ0n) is 19.9. The highest BCUT2D eigenvalue weighted by Gasteiger charge is 2.22. The van der Waals surface area contributed by atoms with Crippen LogP contribution in [-0.2, 0) is 0 Å². The molecule has 0 heterocycles. The molecule has 2 aromatic carbocycles. The number of hydrogen-bond acceptors (Lipinski definition) is 0. The molecule has 0 N–H and O–H groups in total. The molecule has 0 amide bonds. The lowest BCUT2D eigenvalue weighted by molar-refractivity contribution is 0.304. The Balaban J connectivity index is 1.34. The molecular weight excluding hydrogens is 372 g/mol. The normalized spacial score (nSPS) is 24.1. The second-order valence-corrected chi connectivity index (χ2v) is 10.2. The van der Waals surface area contributed by atoms with Gasteiger partial charge in [0.05, 0.1) is 0 Å². The fourth-order valence-corrected chi connectivity index (χ4v) is 5.92. The standard InChI is InChI=1S/C31H42/c1-3-5-7-25-10-14-27(15-11-25)29-18-22-31(23-19-29)30-20-16-28(17-21-30)26-12-8-24(6-4-2)9-13-26/h12,16-25,27H,3-11,13-15H2,1-2H3/t24?,25-,27-. The zero-order valence-corrected chi connectivity index (χ0v) is 19.9. The van der Waals surface area contributed by atoms with E-state index in [9.17, 15) is 0 Å². The largest absolute Gasteiger partial charge is 0.0804 e. The summed E-state index contributed by atoms with van der Waals surface area (Å²) < 4.78 is 0. The summed E-state index contributed by atoms with van der Waals surface area (Å²) in [5.41, 5.74) is 7.24. The fourth-order valence-electron chi connectivity index (χ4n) is 5.92. The molecule has 2 aromatic rings. The molecule has 0 aromatic heterocycles. The highest BCUT2D eigenvalue weighted by molar-refractivity contribution is 5.71. The molecule has 0 heteroatoms. The van der Waals surface area contributed by atoms with Gasteiger partial charge in [-0.05, 0) is 90.5 Å². The van der Waals surface area contributed by atoms with Gasteiger partial charge in [0.15, 0.2) is 0 Å². The first-order chi connectivity index (χ1) is 15.3. The molecule has 1 atom stereocenters.